The lowest BCUT2D eigenvalue weighted by atomic mass is 9.29. The monoisotopic (exact) mass is 486 g/mol. The maximum absolute atomic E-state index is 12.1. The second-order valence-corrected chi connectivity index (χ2v) is 16.2. The van der Waals surface area contributed by atoms with Crippen molar-refractivity contribution in [3.63, 3.8) is 0 Å². The number of hydrogen-bond acceptors (Lipinski definition) is 3. The van der Waals surface area contributed by atoms with E-state index < -0.39 is 0 Å². The van der Waals surface area contributed by atoms with Crippen LogP contribution in [0.3, 0.4) is 0 Å². The summed E-state index contributed by atoms with van der Waals surface area (Å²) in [5, 5.41) is 12.1. The Hall–Kier alpha value is -0.570. The summed E-state index contributed by atoms with van der Waals surface area (Å²) in [6.07, 6.45) is 11.9. The molecule has 35 heavy (non-hydrogen) atoms. The van der Waals surface area contributed by atoms with E-state index in [4.69, 9.17) is 4.74 Å². The Labute approximate surface area is 215 Å². The lowest BCUT2D eigenvalue weighted by molar-refractivity contribution is -0.289. The zero-order valence-corrected chi connectivity index (χ0v) is 24.3. The summed E-state index contributed by atoms with van der Waals surface area (Å²) in [5.41, 5.74) is 1.52. The molecular weight excluding hydrogens is 432 g/mol. The maximum Gasteiger partial charge on any atom is 0.302 e. The summed E-state index contributed by atoms with van der Waals surface area (Å²) in [4.78, 5) is 11.8. The lowest BCUT2D eigenvalue weighted by Crippen LogP contribution is -2.71. The Kier molecular flexibility index (Phi) is 5.76. The van der Waals surface area contributed by atoms with Crippen LogP contribution in [0.2, 0.25) is 0 Å². The van der Waals surface area contributed by atoms with Crippen LogP contribution in [-0.4, -0.2) is 23.3 Å². The number of fused-ring (bicyclic) bond motifs is 7. The van der Waals surface area contributed by atoms with E-state index in [1.165, 1.54) is 44.9 Å². The number of ether oxygens (including phenoxy) is 1. The molecule has 5 aliphatic rings. The minimum absolute atomic E-state index is 0.00889. The van der Waals surface area contributed by atoms with E-state index >= 15 is 0 Å². The molecule has 5 fully saturated rings. The SMILES string of the molecule is CC(=O)OC1CCC2C(C)(CC(O)C3C2(C)CCC2(C)C4CC(C)(C)CCC4(C)CCC32C)C1C. The van der Waals surface area contributed by atoms with Crippen molar-refractivity contribution in [2.75, 3.05) is 0 Å². The average molecular weight is 487 g/mol. The van der Waals surface area contributed by atoms with Crippen LogP contribution in [-0.2, 0) is 9.53 Å². The number of aliphatic hydroxyl groups excluding tert-OH is 1. The number of carbonyl (C=O) groups is 1. The van der Waals surface area contributed by atoms with Crippen molar-refractivity contribution in [2.45, 2.75) is 139 Å². The summed E-state index contributed by atoms with van der Waals surface area (Å²) < 4.78 is 5.81. The fourth-order valence-corrected chi connectivity index (χ4v) is 11.9. The van der Waals surface area contributed by atoms with Crippen molar-refractivity contribution < 1.29 is 14.6 Å². The van der Waals surface area contributed by atoms with Crippen molar-refractivity contribution in [3.05, 3.63) is 0 Å². The third-order valence-electron chi connectivity index (χ3n) is 14.1. The highest BCUT2D eigenvalue weighted by Gasteiger charge is 2.72. The third kappa shape index (κ3) is 3.41. The van der Waals surface area contributed by atoms with Gasteiger partial charge in [-0.15, -0.1) is 0 Å². The maximum atomic E-state index is 12.1. The lowest BCUT2D eigenvalue weighted by Gasteiger charge is -2.75. The molecule has 0 aromatic heterocycles. The molecule has 0 aromatic rings. The van der Waals surface area contributed by atoms with Gasteiger partial charge >= 0.3 is 5.97 Å². The highest BCUT2D eigenvalue weighted by Crippen LogP contribution is 2.78. The van der Waals surface area contributed by atoms with Crippen molar-refractivity contribution >= 4 is 5.97 Å². The highest BCUT2D eigenvalue weighted by atomic mass is 16.5. The van der Waals surface area contributed by atoms with Crippen molar-refractivity contribution in [3.8, 4) is 0 Å². The molecule has 200 valence electrons. The van der Waals surface area contributed by atoms with Crippen molar-refractivity contribution in [2.24, 2.45) is 56.2 Å². The second-order valence-electron chi connectivity index (χ2n) is 16.2. The number of esters is 1. The molecule has 11 atom stereocenters. The number of rotatable bonds is 1. The average Bonchev–Trinajstić information content (AvgIpc) is 2.74. The van der Waals surface area contributed by atoms with Gasteiger partial charge in [0.1, 0.15) is 6.10 Å². The minimum Gasteiger partial charge on any atom is -0.462 e. The van der Waals surface area contributed by atoms with Gasteiger partial charge in [-0.25, -0.2) is 0 Å². The van der Waals surface area contributed by atoms with E-state index in [1.807, 2.05) is 0 Å². The Morgan fingerprint density at radius 1 is 0.771 bits per heavy atom. The molecular formula is C32H54O3. The molecule has 3 nitrogen and oxygen atoms in total. The van der Waals surface area contributed by atoms with Crippen LogP contribution in [0.25, 0.3) is 0 Å². The first kappa shape index (κ1) is 26.1. The molecule has 5 aliphatic carbocycles. The molecule has 0 saturated heterocycles. The van der Waals surface area contributed by atoms with E-state index in [0.717, 1.165) is 25.2 Å². The fraction of sp³-hybridized carbons (Fsp3) is 0.969. The van der Waals surface area contributed by atoms with Gasteiger partial charge in [0.05, 0.1) is 6.10 Å². The van der Waals surface area contributed by atoms with Crippen LogP contribution >= 0.6 is 0 Å². The summed E-state index contributed by atoms with van der Waals surface area (Å²) in [6, 6.07) is 0. The molecule has 11 unspecified atom stereocenters. The topological polar surface area (TPSA) is 46.5 Å². The zero-order chi connectivity index (χ0) is 25.8. The molecule has 0 bridgehead atoms. The van der Waals surface area contributed by atoms with Crippen LogP contribution in [0.4, 0.5) is 0 Å². The second kappa shape index (κ2) is 7.73. The van der Waals surface area contributed by atoms with Gasteiger partial charge in [-0.3, -0.25) is 4.79 Å². The summed E-state index contributed by atoms with van der Waals surface area (Å²) >= 11 is 0. The van der Waals surface area contributed by atoms with Crippen LogP contribution in [0.5, 0.6) is 0 Å². The van der Waals surface area contributed by atoms with E-state index in [0.29, 0.717) is 22.7 Å². The number of hydrogen-bond donors (Lipinski definition) is 1. The predicted octanol–water partition coefficient (Wildman–Crippen LogP) is 7.79. The largest absolute Gasteiger partial charge is 0.462 e. The molecule has 5 rings (SSSR count). The van der Waals surface area contributed by atoms with Gasteiger partial charge in [0.15, 0.2) is 0 Å². The Morgan fingerprint density at radius 3 is 2.06 bits per heavy atom. The first-order valence-electron chi connectivity index (χ1n) is 14.9. The molecule has 0 amide bonds. The van der Waals surface area contributed by atoms with Gasteiger partial charge in [0.2, 0.25) is 0 Å². The third-order valence-corrected chi connectivity index (χ3v) is 14.1. The van der Waals surface area contributed by atoms with E-state index in [1.54, 1.807) is 6.92 Å². The normalized spacial score (nSPS) is 57.2. The van der Waals surface area contributed by atoms with E-state index in [9.17, 15) is 9.90 Å². The van der Waals surface area contributed by atoms with Gasteiger partial charge in [-0.05, 0) is 120 Å². The van der Waals surface area contributed by atoms with Gasteiger partial charge in [0, 0.05) is 6.92 Å². The van der Waals surface area contributed by atoms with Crippen LogP contribution in [0.15, 0.2) is 0 Å². The van der Waals surface area contributed by atoms with Crippen molar-refractivity contribution in [1.82, 2.24) is 0 Å². The quantitative estimate of drug-likeness (QED) is 0.385. The fourth-order valence-electron chi connectivity index (χ4n) is 11.9. The van der Waals surface area contributed by atoms with Gasteiger partial charge in [-0.2, -0.15) is 0 Å². The molecule has 3 heteroatoms. The van der Waals surface area contributed by atoms with Crippen LogP contribution in [0, 0.1) is 56.2 Å². The standard InChI is InChI=1S/C32H54O3/c1-20-23(35-21(2)33)10-11-24-29(6)15-17-31(8)25-19-27(3,4)12-13-28(25,5)14-16-32(31,9)26(29)22(34)18-30(20,24)7/h20,22-26,34H,10-19H2,1-9H3. The summed E-state index contributed by atoms with van der Waals surface area (Å²) in [7, 11) is 0. The zero-order valence-electron chi connectivity index (χ0n) is 24.3. The van der Waals surface area contributed by atoms with Crippen LogP contribution < -0.4 is 0 Å². The molecule has 0 radical (unpaired) electrons. The van der Waals surface area contributed by atoms with Crippen molar-refractivity contribution in [1.29, 1.82) is 0 Å². The molecule has 0 aliphatic heterocycles. The van der Waals surface area contributed by atoms with E-state index in [2.05, 4.69) is 55.4 Å². The Balaban J connectivity index is 1.53. The van der Waals surface area contributed by atoms with E-state index in [-0.39, 0.29) is 45.8 Å². The molecule has 0 spiro atoms. The van der Waals surface area contributed by atoms with Gasteiger partial charge < -0.3 is 9.84 Å². The first-order chi connectivity index (χ1) is 16.0. The molecule has 0 heterocycles. The Morgan fingerprint density at radius 2 is 1.40 bits per heavy atom. The number of aliphatic hydroxyl groups is 1. The van der Waals surface area contributed by atoms with Gasteiger partial charge in [0.25, 0.3) is 0 Å². The molecule has 1 N–H and O–H groups in total. The smallest absolute Gasteiger partial charge is 0.302 e. The highest BCUT2D eigenvalue weighted by molar-refractivity contribution is 5.66. The molecule has 5 saturated carbocycles. The van der Waals surface area contributed by atoms with Gasteiger partial charge in [-0.1, -0.05) is 55.4 Å². The van der Waals surface area contributed by atoms with Crippen LogP contribution in [0.1, 0.15) is 127 Å². The minimum atomic E-state index is -0.273. The number of carbonyl (C=O) groups excluding carboxylic acids is 1. The Bertz CT molecular complexity index is 880. The predicted molar refractivity (Wildman–Crippen MR) is 142 cm³/mol. The first-order valence-corrected chi connectivity index (χ1v) is 14.9. The summed E-state index contributed by atoms with van der Waals surface area (Å²) in [6.45, 7) is 21.7. The molecule has 0 aromatic carbocycles. The summed E-state index contributed by atoms with van der Waals surface area (Å²) in [5.74, 6) is 1.82.